The van der Waals surface area contributed by atoms with Crippen LogP contribution in [0, 0.1) is 0 Å². The summed E-state index contributed by atoms with van der Waals surface area (Å²) in [5, 5.41) is 0. The third-order valence-electron chi connectivity index (χ3n) is 3.36. The van der Waals surface area contributed by atoms with Gasteiger partial charge in [0.2, 0.25) is 0 Å². The molecule has 0 saturated heterocycles. The molecule has 2 heterocycles. The van der Waals surface area contributed by atoms with Crippen molar-refractivity contribution >= 4 is 11.6 Å². The van der Waals surface area contributed by atoms with Gasteiger partial charge in [-0.1, -0.05) is 18.2 Å². The van der Waals surface area contributed by atoms with Gasteiger partial charge in [-0.05, 0) is 18.1 Å². The fourth-order valence-electron chi connectivity index (χ4n) is 2.35. The molecule has 0 radical (unpaired) electrons. The number of fused-ring (bicyclic) bond motifs is 1. The summed E-state index contributed by atoms with van der Waals surface area (Å²) < 4.78 is 1.93. The van der Waals surface area contributed by atoms with E-state index in [9.17, 15) is 4.79 Å². The molecule has 4 heteroatoms. The van der Waals surface area contributed by atoms with Gasteiger partial charge in [-0.25, -0.2) is 4.57 Å². The van der Waals surface area contributed by atoms with Crippen molar-refractivity contribution in [3.63, 3.8) is 0 Å². The molecule has 98 valence electrons. The number of nitrogens with zero attached hydrogens (tertiary/aromatic N) is 2. The zero-order valence-corrected chi connectivity index (χ0v) is 12.9. The maximum Gasteiger partial charge on any atom is 0.258 e. The Kier molecular flexibility index (Phi) is 4.19. The molecule has 0 aliphatic carbocycles. The van der Waals surface area contributed by atoms with Crippen LogP contribution in [0.15, 0.2) is 48.8 Å². The van der Waals surface area contributed by atoms with Gasteiger partial charge in [-0.15, -0.1) is 0 Å². The van der Waals surface area contributed by atoms with E-state index in [1.54, 1.807) is 0 Å². The summed E-state index contributed by atoms with van der Waals surface area (Å²) in [6.07, 6.45) is 4.74. The monoisotopic (exact) mass is 366 g/mol. The van der Waals surface area contributed by atoms with Crippen LogP contribution in [0.4, 0.5) is 5.69 Å². The van der Waals surface area contributed by atoms with Crippen LogP contribution in [-0.4, -0.2) is 12.5 Å². The first-order chi connectivity index (χ1) is 8.75. The standard InChI is InChI=1S/C15H15N2O.HI/c1-16-9-6-13(7-10-16)15(18)17-11-8-12-4-2-3-5-14(12)17;/h2-7,9-10H,8,11H2,1H3;1H/q+1;/p-1. The van der Waals surface area contributed by atoms with Gasteiger partial charge in [-0.2, -0.15) is 0 Å². The Morgan fingerprint density at radius 1 is 1.16 bits per heavy atom. The van der Waals surface area contributed by atoms with E-state index in [1.165, 1.54) is 5.56 Å². The van der Waals surface area contributed by atoms with E-state index in [4.69, 9.17) is 0 Å². The van der Waals surface area contributed by atoms with Crippen LogP contribution in [0.3, 0.4) is 0 Å². The number of carbonyl (C=O) groups is 1. The normalized spacial score (nSPS) is 12.8. The van der Waals surface area contributed by atoms with Crippen LogP contribution in [0.25, 0.3) is 0 Å². The fourth-order valence-corrected chi connectivity index (χ4v) is 2.35. The van der Waals surface area contributed by atoms with E-state index in [-0.39, 0.29) is 29.9 Å². The number of amides is 1. The molecule has 1 aromatic heterocycles. The average Bonchev–Trinajstić information content (AvgIpc) is 2.82. The maximum absolute atomic E-state index is 12.4. The van der Waals surface area contributed by atoms with Crippen molar-refractivity contribution in [3.05, 3.63) is 59.9 Å². The smallest absolute Gasteiger partial charge is 0.258 e. The molecule has 1 amide bonds. The summed E-state index contributed by atoms with van der Waals surface area (Å²) in [6.45, 7) is 0.777. The lowest BCUT2D eigenvalue weighted by atomic mass is 10.2. The maximum atomic E-state index is 12.4. The van der Waals surface area contributed by atoms with Gasteiger partial charge in [0.05, 0.1) is 5.56 Å². The number of hydrogen-bond donors (Lipinski definition) is 0. The lowest BCUT2D eigenvalue weighted by Gasteiger charge is -2.16. The Labute approximate surface area is 129 Å². The highest BCUT2D eigenvalue weighted by Gasteiger charge is 2.25. The second-order valence-electron chi connectivity index (χ2n) is 4.59. The molecular formula is C15H15IN2O. The highest BCUT2D eigenvalue weighted by molar-refractivity contribution is 6.07. The number of aryl methyl sites for hydroxylation is 1. The van der Waals surface area contributed by atoms with Crippen molar-refractivity contribution < 1.29 is 33.3 Å². The molecule has 1 aliphatic rings. The van der Waals surface area contributed by atoms with E-state index in [0.29, 0.717) is 0 Å². The van der Waals surface area contributed by atoms with Gasteiger partial charge < -0.3 is 28.9 Å². The zero-order chi connectivity index (χ0) is 12.5. The molecule has 1 aliphatic heterocycles. The molecule has 0 unspecified atom stereocenters. The van der Waals surface area contributed by atoms with Crippen molar-refractivity contribution in [2.24, 2.45) is 7.05 Å². The number of halogens is 1. The first-order valence-electron chi connectivity index (χ1n) is 6.11. The van der Waals surface area contributed by atoms with Gasteiger partial charge in [0.1, 0.15) is 7.05 Å². The average molecular weight is 366 g/mol. The Morgan fingerprint density at radius 3 is 2.58 bits per heavy atom. The molecule has 0 fully saturated rings. The minimum Gasteiger partial charge on any atom is -1.00 e. The van der Waals surface area contributed by atoms with Gasteiger partial charge >= 0.3 is 0 Å². The van der Waals surface area contributed by atoms with Crippen LogP contribution in [0.2, 0.25) is 0 Å². The number of anilines is 1. The lowest BCUT2D eigenvalue weighted by molar-refractivity contribution is -0.671. The molecule has 0 spiro atoms. The summed E-state index contributed by atoms with van der Waals surface area (Å²) in [5.41, 5.74) is 3.05. The lowest BCUT2D eigenvalue weighted by Crippen LogP contribution is -3.00. The molecule has 19 heavy (non-hydrogen) atoms. The molecule has 3 nitrogen and oxygen atoms in total. The predicted octanol–water partition coefficient (Wildman–Crippen LogP) is -1.28. The molecule has 0 N–H and O–H groups in total. The highest BCUT2D eigenvalue weighted by atomic mass is 127. The first-order valence-corrected chi connectivity index (χ1v) is 6.11. The molecule has 0 saturated carbocycles. The van der Waals surface area contributed by atoms with Crippen molar-refractivity contribution in [2.45, 2.75) is 6.42 Å². The number of carbonyl (C=O) groups excluding carboxylic acids is 1. The molecule has 0 atom stereocenters. The van der Waals surface area contributed by atoms with Gasteiger partial charge in [0.15, 0.2) is 12.4 Å². The van der Waals surface area contributed by atoms with Gasteiger partial charge in [0, 0.05) is 24.4 Å². The predicted molar refractivity (Wildman–Crippen MR) is 69.4 cm³/mol. The first kappa shape index (κ1) is 14.0. The second-order valence-corrected chi connectivity index (χ2v) is 4.59. The number of pyridine rings is 1. The Hall–Kier alpha value is -1.43. The molecule has 0 bridgehead atoms. The quantitative estimate of drug-likeness (QED) is 0.456. The topological polar surface area (TPSA) is 24.2 Å². The minimum absolute atomic E-state index is 0. The number of benzene rings is 1. The minimum atomic E-state index is 0. The summed E-state index contributed by atoms with van der Waals surface area (Å²) in [7, 11) is 1.94. The van der Waals surface area contributed by atoms with Crippen LogP contribution in [0.5, 0.6) is 0 Å². The second kappa shape index (κ2) is 5.69. The third-order valence-corrected chi connectivity index (χ3v) is 3.36. The number of aromatic nitrogens is 1. The van der Waals surface area contributed by atoms with E-state index in [2.05, 4.69) is 6.07 Å². The summed E-state index contributed by atoms with van der Waals surface area (Å²) >= 11 is 0. The van der Waals surface area contributed by atoms with Gasteiger partial charge in [-0.3, -0.25) is 4.79 Å². The summed E-state index contributed by atoms with van der Waals surface area (Å²) in [5.74, 6) is 0.0838. The van der Waals surface area contributed by atoms with Crippen LogP contribution < -0.4 is 33.4 Å². The summed E-state index contributed by atoms with van der Waals surface area (Å²) in [4.78, 5) is 14.3. The van der Waals surface area contributed by atoms with E-state index >= 15 is 0 Å². The van der Waals surface area contributed by atoms with E-state index in [0.717, 1.165) is 24.2 Å². The molecule has 3 rings (SSSR count). The van der Waals surface area contributed by atoms with Gasteiger partial charge in [0.25, 0.3) is 5.91 Å². The Balaban J connectivity index is 0.00000133. The van der Waals surface area contributed by atoms with Crippen LogP contribution in [0.1, 0.15) is 15.9 Å². The largest absolute Gasteiger partial charge is 1.00 e. The van der Waals surface area contributed by atoms with Crippen LogP contribution >= 0.6 is 0 Å². The highest BCUT2D eigenvalue weighted by Crippen LogP contribution is 2.28. The number of rotatable bonds is 1. The van der Waals surface area contributed by atoms with Crippen molar-refractivity contribution in [3.8, 4) is 0 Å². The van der Waals surface area contributed by atoms with Crippen molar-refractivity contribution in [2.75, 3.05) is 11.4 Å². The molecule has 2 aromatic rings. The number of hydrogen-bond acceptors (Lipinski definition) is 1. The summed E-state index contributed by atoms with van der Waals surface area (Å²) in [6, 6.07) is 11.8. The molecular weight excluding hydrogens is 351 g/mol. The Morgan fingerprint density at radius 2 is 1.84 bits per heavy atom. The zero-order valence-electron chi connectivity index (χ0n) is 10.7. The van der Waals surface area contributed by atoms with Crippen molar-refractivity contribution in [1.82, 2.24) is 0 Å². The van der Waals surface area contributed by atoms with E-state index < -0.39 is 0 Å². The van der Waals surface area contributed by atoms with Crippen molar-refractivity contribution in [1.29, 1.82) is 0 Å². The van der Waals surface area contributed by atoms with Crippen LogP contribution in [-0.2, 0) is 13.5 Å². The number of para-hydroxylation sites is 1. The third kappa shape index (κ3) is 2.63. The fraction of sp³-hybridized carbons (Fsp3) is 0.200. The molecule has 1 aromatic carbocycles. The Bertz CT molecular complexity index is 595. The van der Waals surface area contributed by atoms with E-state index in [1.807, 2.05) is 59.2 Å². The SMILES string of the molecule is C[n+]1ccc(C(=O)N2CCc3ccccc32)cc1.[I-].